The second-order valence-electron chi connectivity index (χ2n) is 5.70. The Kier molecular flexibility index (Phi) is 5.52. The summed E-state index contributed by atoms with van der Waals surface area (Å²) in [6.07, 6.45) is 2.78. The first-order valence-electron chi connectivity index (χ1n) is 7.96. The summed E-state index contributed by atoms with van der Waals surface area (Å²) in [7, 11) is 1.58. The van der Waals surface area contributed by atoms with E-state index in [1.54, 1.807) is 7.11 Å². The predicted molar refractivity (Wildman–Crippen MR) is 102 cm³/mol. The largest absolute Gasteiger partial charge is 0.495 e. The lowest BCUT2D eigenvalue weighted by atomic mass is 10.2. The standard InChI is InChI=1S/C19H16ClFN4O2/c1-11-3-6-17(27-2)15(7-11)25-18-10-22-16(9-23-18)19(26)24-12-4-5-14(21)13(20)8-12/h3-10H,1-2H3,(H,23,25)(H,24,26). The van der Waals surface area contributed by atoms with Gasteiger partial charge >= 0.3 is 0 Å². The molecule has 3 rings (SSSR count). The number of nitrogens with zero attached hydrogens (tertiary/aromatic N) is 2. The summed E-state index contributed by atoms with van der Waals surface area (Å²) in [5.41, 5.74) is 2.27. The average Bonchev–Trinajstić information content (AvgIpc) is 2.65. The van der Waals surface area contributed by atoms with E-state index in [1.165, 1.54) is 30.6 Å². The Bertz CT molecular complexity index is 980. The van der Waals surface area contributed by atoms with Gasteiger partial charge in [0.05, 0.1) is 30.2 Å². The number of rotatable bonds is 5. The van der Waals surface area contributed by atoms with Crippen molar-refractivity contribution >= 4 is 34.7 Å². The number of anilines is 3. The number of aromatic nitrogens is 2. The van der Waals surface area contributed by atoms with Crippen LogP contribution >= 0.6 is 11.6 Å². The van der Waals surface area contributed by atoms with E-state index < -0.39 is 11.7 Å². The summed E-state index contributed by atoms with van der Waals surface area (Å²) in [5.74, 6) is 0.0824. The maximum atomic E-state index is 13.2. The zero-order valence-electron chi connectivity index (χ0n) is 14.6. The van der Waals surface area contributed by atoms with Crippen molar-refractivity contribution in [1.29, 1.82) is 0 Å². The van der Waals surface area contributed by atoms with Crippen molar-refractivity contribution in [2.75, 3.05) is 17.7 Å². The third-order valence-corrected chi connectivity index (χ3v) is 3.97. The topological polar surface area (TPSA) is 76.1 Å². The minimum absolute atomic E-state index is 0.0782. The molecule has 0 saturated heterocycles. The van der Waals surface area contributed by atoms with Gasteiger partial charge in [-0.2, -0.15) is 0 Å². The summed E-state index contributed by atoms with van der Waals surface area (Å²) in [6.45, 7) is 1.96. The predicted octanol–water partition coefficient (Wildman–Crippen LogP) is 4.58. The van der Waals surface area contributed by atoms with Gasteiger partial charge in [-0.15, -0.1) is 0 Å². The van der Waals surface area contributed by atoms with Gasteiger partial charge in [-0.3, -0.25) is 4.79 Å². The van der Waals surface area contributed by atoms with Gasteiger partial charge in [0.1, 0.15) is 23.1 Å². The number of ether oxygens (including phenoxy) is 1. The molecule has 138 valence electrons. The molecule has 1 heterocycles. The highest BCUT2D eigenvalue weighted by Gasteiger charge is 2.11. The second kappa shape index (κ2) is 8.01. The molecule has 0 aliphatic heterocycles. The average molecular weight is 387 g/mol. The van der Waals surface area contributed by atoms with E-state index in [0.29, 0.717) is 17.3 Å². The number of carbonyl (C=O) groups excluding carboxylic acids is 1. The summed E-state index contributed by atoms with van der Waals surface area (Å²) in [5, 5.41) is 5.61. The van der Waals surface area contributed by atoms with Gasteiger partial charge in [0.15, 0.2) is 0 Å². The first-order valence-corrected chi connectivity index (χ1v) is 8.34. The second-order valence-corrected chi connectivity index (χ2v) is 6.11. The molecule has 3 aromatic rings. The van der Waals surface area contributed by atoms with Gasteiger partial charge in [-0.1, -0.05) is 17.7 Å². The van der Waals surface area contributed by atoms with E-state index in [1.807, 2.05) is 25.1 Å². The maximum Gasteiger partial charge on any atom is 0.275 e. The first-order chi connectivity index (χ1) is 13.0. The molecule has 0 aliphatic carbocycles. The lowest BCUT2D eigenvalue weighted by molar-refractivity contribution is 0.102. The van der Waals surface area contributed by atoms with Gasteiger partial charge in [0.25, 0.3) is 5.91 Å². The quantitative estimate of drug-likeness (QED) is 0.671. The summed E-state index contributed by atoms with van der Waals surface area (Å²) in [6, 6.07) is 9.60. The molecule has 6 nitrogen and oxygen atoms in total. The molecule has 8 heteroatoms. The Morgan fingerprint density at radius 2 is 1.96 bits per heavy atom. The van der Waals surface area contributed by atoms with Crippen LogP contribution in [0.1, 0.15) is 16.1 Å². The van der Waals surface area contributed by atoms with Crippen LogP contribution in [0.15, 0.2) is 48.8 Å². The molecule has 0 unspecified atom stereocenters. The molecule has 2 aromatic carbocycles. The van der Waals surface area contributed by atoms with Crippen LogP contribution < -0.4 is 15.4 Å². The van der Waals surface area contributed by atoms with Crippen molar-refractivity contribution in [3.05, 3.63) is 70.9 Å². The Hall–Kier alpha value is -3.19. The molecule has 0 aliphatic rings. The van der Waals surface area contributed by atoms with Gasteiger partial charge in [-0.25, -0.2) is 14.4 Å². The molecular formula is C19H16ClFN4O2. The minimum atomic E-state index is -0.559. The van der Waals surface area contributed by atoms with Crippen LogP contribution in [0.5, 0.6) is 5.75 Å². The summed E-state index contributed by atoms with van der Waals surface area (Å²) >= 11 is 5.70. The normalized spacial score (nSPS) is 10.4. The highest BCUT2D eigenvalue weighted by atomic mass is 35.5. The highest BCUT2D eigenvalue weighted by Crippen LogP contribution is 2.27. The number of aryl methyl sites for hydroxylation is 1. The van der Waals surface area contributed by atoms with Gasteiger partial charge < -0.3 is 15.4 Å². The molecule has 1 aromatic heterocycles. The Balaban J connectivity index is 1.72. The first kappa shape index (κ1) is 18.6. The van der Waals surface area contributed by atoms with Crippen molar-refractivity contribution in [1.82, 2.24) is 9.97 Å². The molecule has 0 radical (unpaired) electrons. The molecule has 1 amide bonds. The lowest BCUT2D eigenvalue weighted by Gasteiger charge is -2.11. The summed E-state index contributed by atoms with van der Waals surface area (Å²) < 4.78 is 18.5. The maximum absolute atomic E-state index is 13.2. The van der Waals surface area contributed by atoms with Crippen molar-refractivity contribution < 1.29 is 13.9 Å². The van der Waals surface area contributed by atoms with Crippen LogP contribution in [0.2, 0.25) is 5.02 Å². The molecular weight excluding hydrogens is 371 g/mol. The molecule has 0 atom stereocenters. The fraction of sp³-hybridized carbons (Fsp3) is 0.105. The van der Waals surface area contributed by atoms with Crippen molar-refractivity contribution in [3.63, 3.8) is 0 Å². The van der Waals surface area contributed by atoms with E-state index in [2.05, 4.69) is 20.6 Å². The van der Waals surface area contributed by atoms with E-state index in [0.717, 1.165) is 11.3 Å². The fourth-order valence-corrected chi connectivity index (χ4v) is 2.52. The van der Waals surface area contributed by atoms with Crippen molar-refractivity contribution in [2.45, 2.75) is 6.92 Å². The van der Waals surface area contributed by atoms with Gasteiger partial charge in [-0.05, 0) is 42.8 Å². The van der Waals surface area contributed by atoms with Crippen LogP contribution in [-0.2, 0) is 0 Å². The van der Waals surface area contributed by atoms with E-state index in [4.69, 9.17) is 16.3 Å². The van der Waals surface area contributed by atoms with Crippen LogP contribution in [-0.4, -0.2) is 23.0 Å². The third kappa shape index (κ3) is 4.51. The smallest absolute Gasteiger partial charge is 0.275 e. The molecule has 0 saturated carbocycles. The van der Waals surface area contributed by atoms with Gasteiger partial charge in [0.2, 0.25) is 0 Å². The molecule has 0 bridgehead atoms. The van der Waals surface area contributed by atoms with E-state index in [9.17, 15) is 9.18 Å². The number of benzene rings is 2. The Morgan fingerprint density at radius 3 is 2.63 bits per heavy atom. The number of hydrogen-bond donors (Lipinski definition) is 2. The zero-order valence-corrected chi connectivity index (χ0v) is 15.3. The fourth-order valence-electron chi connectivity index (χ4n) is 2.34. The molecule has 0 fully saturated rings. The van der Waals surface area contributed by atoms with Crippen LogP contribution in [0.3, 0.4) is 0 Å². The van der Waals surface area contributed by atoms with E-state index in [-0.39, 0.29) is 10.7 Å². The van der Waals surface area contributed by atoms with Crippen LogP contribution in [0.25, 0.3) is 0 Å². The Labute approximate surface area is 160 Å². The van der Waals surface area contributed by atoms with Crippen molar-refractivity contribution in [2.24, 2.45) is 0 Å². The molecule has 27 heavy (non-hydrogen) atoms. The monoisotopic (exact) mass is 386 g/mol. The molecule has 2 N–H and O–H groups in total. The van der Waals surface area contributed by atoms with Crippen LogP contribution in [0, 0.1) is 12.7 Å². The number of amides is 1. The number of methoxy groups -OCH3 is 1. The third-order valence-electron chi connectivity index (χ3n) is 3.68. The number of nitrogens with one attached hydrogen (secondary N) is 2. The van der Waals surface area contributed by atoms with Crippen LogP contribution in [0.4, 0.5) is 21.6 Å². The molecule has 0 spiro atoms. The number of hydrogen-bond acceptors (Lipinski definition) is 5. The highest BCUT2D eigenvalue weighted by molar-refractivity contribution is 6.31. The van der Waals surface area contributed by atoms with Crippen molar-refractivity contribution in [3.8, 4) is 5.75 Å². The van der Waals surface area contributed by atoms with Gasteiger partial charge in [0, 0.05) is 5.69 Å². The zero-order chi connectivity index (χ0) is 19.4. The number of halogens is 2. The minimum Gasteiger partial charge on any atom is -0.495 e. The van der Waals surface area contributed by atoms with E-state index >= 15 is 0 Å². The summed E-state index contributed by atoms with van der Waals surface area (Å²) in [4.78, 5) is 20.5. The number of carbonyl (C=O) groups is 1. The SMILES string of the molecule is COc1ccc(C)cc1Nc1cnc(C(=O)Nc2ccc(F)c(Cl)c2)cn1. The Morgan fingerprint density at radius 1 is 1.15 bits per heavy atom. The lowest BCUT2D eigenvalue weighted by Crippen LogP contribution is -2.14.